The normalized spacial score (nSPS) is 22.1. The van der Waals surface area contributed by atoms with Crippen molar-refractivity contribution in [3.8, 4) is 11.1 Å². The van der Waals surface area contributed by atoms with Crippen molar-refractivity contribution in [2.24, 2.45) is 5.92 Å². The number of aliphatic carboxylic acids is 1. The Hall–Kier alpha value is -3.35. The van der Waals surface area contributed by atoms with Gasteiger partial charge in [-0.1, -0.05) is 48.5 Å². The number of benzene rings is 2. The minimum atomic E-state index is -1.17. The maximum atomic E-state index is 13.0. The number of alkyl carbamates (subject to hydrolysis) is 1. The number of nitrogens with one attached hydrogen (secondary N) is 1. The molecule has 2 atom stereocenters. The maximum Gasteiger partial charge on any atom is 0.407 e. The van der Waals surface area contributed by atoms with Crippen molar-refractivity contribution in [2.75, 3.05) is 13.2 Å². The number of hydrogen-bond acceptors (Lipinski definition) is 4. The fourth-order valence-corrected chi connectivity index (χ4v) is 5.51. The summed E-state index contributed by atoms with van der Waals surface area (Å²) in [7, 11) is 0. The lowest BCUT2D eigenvalue weighted by Crippen LogP contribution is -2.52. The number of hydrogen-bond donors (Lipinski definition) is 2. The van der Waals surface area contributed by atoms with Crippen molar-refractivity contribution in [3.63, 3.8) is 0 Å². The number of carboxylic acid groups (broad SMARTS) is 1. The molecular formula is C27H30N2O5. The average Bonchev–Trinajstić information content (AvgIpc) is 3.52. The van der Waals surface area contributed by atoms with E-state index < -0.39 is 17.6 Å². The van der Waals surface area contributed by atoms with E-state index in [1.807, 2.05) is 24.3 Å². The van der Waals surface area contributed by atoms with Gasteiger partial charge >= 0.3 is 12.1 Å². The Labute approximate surface area is 199 Å². The fraction of sp³-hybridized carbons (Fsp3) is 0.444. The Morgan fingerprint density at radius 2 is 1.71 bits per heavy atom. The molecule has 2 aromatic rings. The number of rotatable bonds is 7. The summed E-state index contributed by atoms with van der Waals surface area (Å²) in [5.41, 5.74) is 3.45. The summed E-state index contributed by atoms with van der Waals surface area (Å²) in [6.07, 6.45) is 2.56. The minimum absolute atomic E-state index is 0.0277. The Morgan fingerprint density at radius 1 is 1.09 bits per heavy atom. The maximum absolute atomic E-state index is 13.0. The highest BCUT2D eigenvalue weighted by molar-refractivity contribution is 5.88. The van der Waals surface area contributed by atoms with Gasteiger partial charge in [-0.2, -0.15) is 0 Å². The highest BCUT2D eigenvalue weighted by Gasteiger charge is 2.47. The van der Waals surface area contributed by atoms with Crippen molar-refractivity contribution in [3.05, 3.63) is 59.7 Å². The van der Waals surface area contributed by atoms with Crippen LogP contribution in [-0.4, -0.2) is 52.7 Å². The predicted molar refractivity (Wildman–Crippen MR) is 126 cm³/mol. The highest BCUT2D eigenvalue weighted by atomic mass is 16.5. The first kappa shape index (κ1) is 22.4. The molecule has 2 aromatic carbocycles. The van der Waals surface area contributed by atoms with Gasteiger partial charge in [0.05, 0.1) is 0 Å². The number of carboxylic acids is 1. The van der Waals surface area contributed by atoms with Crippen molar-refractivity contribution in [2.45, 2.75) is 56.5 Å². The van der Waals surface area contributed by atoms with Crippen molar-refractivity contribution in [1.29, 1.82) is 0 Å². The standard InChI is InChI=1S/C27H30N2O5/c1-27(25(31)32)13-6-14-29(27)24(30)15-23(17-11-12-17)28-26(33)34-16-22-20-9-4-2-7-18(20)19-8-3-5-10-21(19)22/h2-5,7-10,17,22-23H,6,11-16H2,1H3,(H,28,33)(H,31,32)/t23?,27-/m1/s1. The number of fused-ring (bicyclic) bond motifs is 3. The number of likely N-dealkylation sites (tertiary alicyclic amines) is 1. The van der Waals surface area contributed by atoms with Crippen LogP contribution in [0.4, 0.5) is 4.79 Å². The molecule has 2 amide bonds. The summed E-state index contributed by atoms with van der Waals surface area (Å²) < 4.78 is 5.67. The Balaban J connectivity index is 1.23. The Bertz CT molecular complexity index is 1080. The second-order valence-electron chi connectivity index (χ2n) is 9.85. The molecule has 34 heavy (non-hydrogen) atoms. The molecule has 2 aliphatic carbocycles. The third-order valence-electron chi connectivity index (χ3n) is 7.64. The molecule has 0 radical (unpaired) electrons. The smallest absolute Gasteiger partial charge is 0.407 e. The van der Waals surface area contributed by atoms with Crippen molar-refractivity contribution in [1.82, 2.24) is 10.2 Å². The molecule has 1 aliphatic heterocycles. The molecule has 1 heterocycles. The quantitative estimate of drug-likeness (QED) is 0.644. The van der Waals surface area contributed by atoms with Gasteiger partial charge in [-0.25, -0.2) is 9.59 Å². The number of carbonyl (C=O) groups is 3. The third kappa shape index (κ3) is 4.04. The first-order valence-electron chi connectivity index (χ1n) is 12.0. The van der Waals surface area contributed by atoms with E-state index in [-0.39, 0.29) is 36.8 Å². The molecule has 0 spiro atoms. The van der Waals surface area contributed by atoms with Gasteiger partial charge in [0.15, 0.2) is 0 Å². The Morgan fingerprint density at radius 3 is 2.29 bits per heavy atom. The zero-order valence-corrected chi connectivity index (χ0v) is 19.3. The molecule has 1 unspecified atom stereocenters. The van der Waals surface area contributed by atoms with E-state index >= 15 is 0 Å². The van der Waals surface area contributed by atoms with E-state index in [9.17, 15) is 19.5 Å². The summed E-state index contributed by atoms with van der Waals surface area (Å²) in [5.74, 6) is -1.01. The molecule has 7 heteroatoms. The molecular weight excluding hydrogens is 432 g/mol. The van der Waals surface area contributed by atoms with Crippen LogP contribution in [0.2, 0.25) is 0 Å². The molecule has 1 saturated carbocycles. The van der Waals surface area contributed by atoms with Crippen LogP contribution in [-0.2, 0) is 14.3 Å². The van der Waals surface area contributed by atoms with Crippen LogP contribution in [0, 0.1) is 5.92 Å². The third-order valence-corrected chi connectivity index (χ3v) is 7.64. The van der Waals surface area contributed by atoms with E-state index in [1.165, 1.54) is 16.0 Å². The van der Waals surface area contributed by atoms with Crippen molar-refractivity contribution >= 4 is 18.0 Å². The van der Waals surface area contributed by atoms with E-state index in [0.29, 0.717) is 19.4 Å². The van der Waals surface area contributed by atoms with Gasteiger partial charge in [-0.15, -0.1) is 0 Å². The van der Waals surface area contributed by atoms with Crippen LogP contribution in [0.25, 0.3) is 11.1 Å². The first-order valence-corrected chi connectivity index (χ1v) is 12.0. The van der Waals surface area contributed by atoms with Gasteiger partial charge in [0.2, 0.25) is 5.91 Å². The molecule has 0 aromatic heterocycles. The summed E-state index contributed by atoms with van der Waals surface area (Å²) in [5, 5.41) is 12.5. The number of carbonyl (C=O) groups excluding carboxylic acids is 2. The van der Waals surface area contributed by atoms with E-state index in [4.69, 9.17) is 4.74 Å². The monoisotopic (exact) mass is 462 g/mol. The second-order valence-corrected chi connectivity index (χ2v) is 9.85. The summed E-state index contributed by atoms with van der Waals surface area (Å²) in [6.45, 7) is 2.25. The zero-order valence-electron chi connectivity index (χ0n) is 19.3. The lowest BCUT2D eigenvalue weighted by Gasteiger charge is -2.32. The van der Waals surface area contributed by atoms with Gasteiger partial charge in [-0.05, 0) is 60.8 Å². The lowest BCUT2D eigenvalue weighted by molar-refractivity contribution is -0.155. The number of nitrogens with zero attached hydrogens (tertiary/aromatic N) is 1. The van der Waals surface area contributed by atoms with Gasteiger partial charge in [0, 0.05) is 24.9 Å². The molecule has 2 fully saturated rings. The second kappa shape index (κ2) is 8.78. The fourth-order valence-electron chi connectivity index (χ4n) is 5.51. The van der Waals surface area contributed by atoms with Crippen LogP contribution in [0.1, 0.15) is 56.1 Å². The predicted octanol–water partition coefficient (Wildman–Crippen LogP) is 4.16. The van der Waals surface area contributed by atoms with E-state index in [1.54, 1.807) is 6.92 Å². The van der Waals surface area contributed by atoms with Gasteiger partial charge < -0.3 is 20.1 Å². The lowest BCUT2D eigenvalue weighted by atomic mass is 9.98. The molecule has 3 aliphatic rings. The highest BCUT2D eigenvalue weighted by Crippen LogP contribution is 2.44. The van der Waals surface area contributed by atoms with Gasteiger partial charge in [0.1, 0.15) is 12.1 Å². The summed E-state index contributed by atoms with van der Waals surface area (Å²) in [4.78, 5) is 39.0. The van der Waals surface area contributed by atoms with Crippen molar-refractivity contribution < 1.29 is 24.2 Å². The first-order chi connectivity index (χ1) is 16.4. The number of amides is 2. The van der Waals surface area contributed by atoms with E-state index in [2.05, 4.69) is 29.6 Å². The largest absolute Gasteiger partial charge is 0.480 e. The van der Waals surface area contributed by atoms with Gasteiger partial charge in [0.25, 0.3) is 0 Å². The number of ether oxygens (including phenoxy) is 1. The van der Waals surface area contributed by atoms with Gasteiger partial charge in [-0.3, -0.25) is 4.79 Å². The minimum Gasteiger partial charge on any atom is -0.480 e. The zero-order chi connectivity index (χ0) is 23.9. The van der Waals surface area contributed by atoms with Crippen LogP contribution in [0.15, 0.2) is 48.5 Å². The molecule has 1 saturated heterocycles. The molecule has 7 nitrogen and oxygen atoms in total. The van der Waals surface area contributed by atoms with Crippen LogP contribution >= 0.6 is 0 Å². The summed E-state index contributed by atoms with van der Waals surface area (Å²) >= 11 is 0. The van der Waals surface area contributed by atoms with E-state index in [0.717, 1.165) is 24.0 Å². The van der Waals surface area contributed by atoms with Crippen LogP contribution < -0.4 is 5.32 Å². The van der Waals surface area contributed by atoms with Crippen LogP contribution in [0.3, 0.4) is 0 Å². The van der Waals surface area contributed by atoms with Crippen LogP contribution in [0.5, 0.6) is 0 Å². The topological polar surface area (TPSA) is 95.9 Å². The molecule has 178 valence electrons. The summed E-state index contributed by atoms with van der Waals surface area (Å²) in [6, 6.07) is 16.0. The molecule has 0 bridgehead atoms. The average molecular weight is 463 g/mol. The Kier molecular flexibility index (Phi) is 5.80. The molecule has 5 rings (SSSR count). The SMILES string of the molecule is C[C@]1(C(=O)O)CCCN1C(=O)CC(NC(=O)OCC1c2ccccc2-c2ccccc21)C1CC1. The molecule has 2 N–H and O–H groups in total.